The van der Waals surface area contributed by atoms with Gasteiger partial charge in [0.05, 0.1) is 0 Å². The lowest BCUT2D eigenvalue weighted by Crippen LogP contribution is -2.33. The van der Waals surface area contributed by atoms with E-state index in [4.69, 9.17) is 4.74 Å². The van der Waals surface area contributed by atoms with Crippen LogP contribution in [0.1, 0.15) is 36.4 Å². The van der Waals surface area contributed by atoms with Crippen LogP contribution in [0.25, 0.3) is 0 Å². The molecule has 0 heterocycles. The summed E-state index contributed by atoms with van der Waals surface area (Å²) in [4.78, 5) is 23.0. The van der Waals surface area contributed by atoms with E-state index < -0.39 is 17.8 Å². The first kappa shape index (κ1) is 17.1. The van der Waals surface area contributed by atoms with Crippen LogP contribution in [0.3, 0.4) is 0 Å². The van der Waals surface area contributed by atoms with Crippen molar-refractivity contribution in [1.29, 1.82) is 0 Å². The molecule has 21 heavy (non-hydrogen) atoms. The average Bonchev–Trinajstić information content (AvgIpc) is 2.44. The SMILES string of the molecule is COCCCCC(=O)NC(C(=O)O)c1ccc(F)c(C)c1. The number of halogens is 1. The number of carbonyl (C=O) groups excluding carboxylic acids is 1. The summed E-state index contributed by atoms with van der Waals surface area (Å²) in [5, 5.41) is 11.7. The number of benzene rings is 1. The Balaban J connectivity index is 2.67. The van der Waals surface area contributed by atoms with Crippen LogP contribution < -0.4 is 5.32 Å². The van der Waals surface area contributed by atoms with Gasteiger partial charge in [0.25, 0.3) is 0 Å². The highest BCUT2D eigenvalue weighted by atomic mass is 19.1. The Labute approximate surface area is 123 Å². The maximum Gasteiger partial charge on any atom is 0.330 e. The number of aryl methyl sites for hydroxylation is 1. The van der Waals surface area contributed by atoms with E-state index in [9.17, 15) is 19.1 Å². The number of hydrogen-bond acceptors (Lipinski definition) is 3. The highest BCUT2D eigenvalue weighted by Crippen LogP contribution is 2.17. The van der Waals surface area contributed by atoms with Gasteiger partial charge in [0.1, 0.15) is 5.82 Å². The standard InChI is InChI=1S/C15H20FNO4/c1-10-9-11(6-7-12(10)16)14(15(19)20)17-13(18)5-3-4-8-21-2/h6-7,9,14H,3-5,8H2,1-2H3,(H,17,18)(H,19,20). The Bertz CT molecular complexity index is 504. The van der Waals surface area contributed by atoms with E-state index in [1.165, 1.54) is 18.2 Å². The number of unbranched alkanes of at least 4 members (excludes halogenated alkanes) is 1. The number of ether oxygens (including phenoxy) is 1. The Kier molecular flexibility index (Phi) is 6.81. The molecule has 0 aliphatic carbocycles. The maximum atomic E-state index is 13.2. The molecule has 1 atom stereocenters. The van der Waals surface area contributed by atoms with Crippen LogP contribution in [0.4, 0.5) is 4.39 Å². The first-order valence-corrected chi connectivity index (χ1v) is 6.73. The van der Waals surface area contributed by atoms with Crippen molar-refractivity contribution >= 4 is 11.9 Å². The summed E-state index contributed by atoms with van der Waals surface area (Å²) in [5.41, 5.74) is 0.694. The van der Waals surface area contributed by atoms with Crippen molar-refractivity contribution in [3.8, 4) is 0 Å². The fraction of sp³-hybridized carbons (Fsp3) is 0.467. The topological polar surface area (TPSA) is 75.6 Å². The number of nitrogens with one attached hydrogen (secondary N) is 1. The molecule has 0 radical (unpaired) electrons. The van der Waals surface area contributed by atoms with Gasteiger partial charge in [-0.3, -0.25) is 4.79 Å². The van der Waals surface area contributed by atoms with Crippen LogP contribution in [0.5, 0.6) is 0 Å². The van der Waals surface area contributed by atoms with Crippen LogP contribution in [0, 0.1) is 12.7 Å². The van der Waals surface area contributed by atoms with E-state index in [1.54, 1.807) is 14.0 Å². The van der Waals surface area contributed by atoms with E-state index in [1.807, 2.05) is 0 Å². The molecule has 1 aromatic carbocycles. The summed E-state index contributed by atoms with van der Waals surface area (Å²) in [6.45, 7) is 2.11. The van der Waals surface area contributed by atoms with E-state index in [2.05, 4.69) is 5.32 Å². The first-order valence-electron chi connectivity index (χ1n) is 6.73. The third-order valence-corrected chi connectivity index (χ3v) is 3.07. The second-order valence-corrected chi connectivity index (χ2v) is 4.80. The lowest BCUT2D eigenvalue weighted by molar-refractivity contribution is -0.142. The summed E-state index contributed by atoms with van der Waals surface area (Å²) >= 11 is 0. The highest BCUT2D eigenvalue weighted by molar-refractivity contribution is 5.84. The summed E-state index contributed by atoms with van der Waals surface area (Å²) in [7, 11) is 1.58. The molecule has 0 saturated heterocycles. The number of amides is 1. The van der Waals surface area contributed by atoms with Crippen LogP contribution in [-0.2, 0) is 14.3 Å². The number of methoxy groups -OCH3 is 1. The molecule has 1 aromatic rings. The zero-order valence-corrected chi connectivity index (χ0v) is 12.2. The van der Waals surface area contributed by atoms with Crippen molar-refractivity contribution in [2.24, 2.45) is 0 Å². The predicted octanol–water partition coefficient (Wildman–Crippen LogP) is 2.19. The van der Waals surface area contributed by atoms with Gasteiger partial charge < -0.3 is 15.2 Å². The molecule has 0 saturated carbocycles. The molecule has 0 aliphatic rings. The van der Waals surface area contributed by atoms with Crippen LogP contribution in [-0.4, -0.2) is 30.7 Å². The minimum absolute atomic E-state index is 0.229. The van der Waals surface area contributed by atoms with Gasteiger partial charge in [-0.1, -0.05) is 12.1 Å². The molecule has 1 rings (SSSR count). The molecule has 0 aliphatic heterocycles. The molecular formula is C15H20FNO4. The second-order valence-electron chi connectivity index (χ2n) is 4.80. The lowest BCUT2D eigenvalue weighted by atomic mass is 10.0. The van der Waals surface area contributed by atoms with Crippen molar-refractivity contribution in [2.45, 2.75) is 32.2 Å². The lowest BCUT2D eigenvalue weighted by Gasteiger charge is -2.15. The van der Waals surface area contributed by atoms with E-state index in [-0.39, 0.29) is 12.3 Å². The van der Waals surface area contributed by atoms with Crippen molar-refractivity contribution in [3.05, 3.63) is 35.1 Å². The van der Waals surface area contributed by atoms with Gasteiger partial charge in [-0.05, 0) is 37.0 Å². The maximum absolute atomic E-state index is 13.2. The minimum atomic E-state index is -1.17. The van der Waals surface area contributed by atoms with E-state index in [0.717, 1.165) is 6.42 Å². The van der Waals surface area contributed by atoms with Crippen LogP contribution >= 0.6 is 0 Å². The van der Waals surface area contributed by atoms with E-state index in [0.29, 0.717) is 24.2 Å². The van der Waals surface area contributed by atoms with Gasteiger partial charge in [-0.2, -0.15) is 0 Å². The highest BCUT2D eigenvalue weighted by Gasteiger charge is 2.22. The summed E-state index contributed by atoms with van der Waals surface area (Å²) in [6, 6.07) is 2.83. The van der Waals surface area contributed by atoms with Crippen molar-refractivity contribution in [2.75, 3.05) is 13.7 Å². The smallest absolute Gasteiger partial charge is 0.330 e. The molecular weight excluding hydrogens is 277 g/mol. The molecule has 0 spiro atoms. The fourth-order valence-electron chi connectivity index (χ4n) is 1.90. The minimum Gasteiger partial charge on any atom is -0.479 e. The monoisotopic (exact) mass is 297 g/mol. The number of hydrogen-bond donors (Lipinski definition) is 2. The van der Waals surface area contributed by atoms with Crippen molar-refractivity contribution < 1.29 is 23.8 Å². The largest absolute Gasteiger partial charge is 0.479 e. The van der Waals surface area contributed by atoms with Crippen LogP contribution in [0.2, 0.25) is 0 Å². The van der Waals surface area contributed by atoms with Gasteiger partial charge in [-0.25, -0.2) is 9.18 Å². The molecule has 0 aromatic heterocycles. The molecule has 0 bridgehead atoms. The zero-order chi connectivity index (χ0) is 15.8. The Morgan fingerprint density at radius 2 is 2.10 bits per heavy atom. The average molecular weight is 297 g/mol. The van der Waals surface area contributed by atoms with Crippen molar-refractivity contribution in [3.63, 3.8) is 0 Å². The number of rotatable bonds is 8. The molecule has 2 N–H and O–H groups in total. The summed E-state index contributed by atoms with van der Waals surface area (Å²) < 4.78 is 18.1. The van der Waals surface area contributed by atoms with Crippen molar-refractivity contribution in [1.82, 2.24) is 5.32 Å². The van der Waals surface area contributed by atoms with Gasteiger partial charge in [0, 0.05) is 20.1 Å². The quantitative estimate of drug-likeness (QED) is 0.721. The second kappa shape index (κ2) is 8.36. The molecule has 5 nitrogen and oxygen atoms in total. The Morgan fingerprint density at radius 1 is 1.38 bits per heavy atom. The molecule has 116 valence electrons. The van der Waals surface area contributed by atoms with Gasteiger partial charge in [-0.15, -0.1) is 0 Å². The normalized spacial score (nSPS) is 12.0. The van der Waals surface area contributed by atoms with Gasteiger partial charge >= 0.3 is 5.97 Å². The number of aliphatic carboxylic acids is 1. The third kappa shape index (κ3) is 5.51. The number of carboxylic acids is 1. The van der Waals surface area contributed by atoms with Gasteiger partial charge in [0.2, 0.25) is 5.91 Å². The first-order chi connectivity index (χ1) is 9.95. The molecule has 0 fully saturated rings. The third-order valence-electron chi connectivity index (χ3n) is 3.07. The molecule has 6 heteroatoms. The van der Waals surface area contributed by atoms with E-state index >= 15 is 0 Å². The predicted molar refractivity (Wildman–Crippen MR) is 75.4 cm³/mol. The zero-order valence-electron chi connectivity index (χ0n) is 12.2. The Morgan fingerprint density at radius 3 is 2.67 bits per heavy atom. The number of carbonyl (C=O) groups is 2. The summed E-state index contributed by atoms with van der Waals surface area (Å²) in [5.74, 6) is -1.93. The molecule has 1 amide bonds. The summed E-state index contributed by atoms with van der Waals surface area (Å²) in [6.07, 6.45) is 1.58. The Hall–Kier alpha value is -1.95. The number of carboxylic acid groups (broad SMARTS) is 1. The van der Waals surface area contributed by atoms with Gasteiger partial charge in [0.15, 0.2) is 6.04 Å². The molecule has 1 unspecified atom stereocenters. The van der Waals surface area contributed by atoms with Crippen LogP contribution in [0.15, 0.2) is 18.2 Å². The fourth-order valence-corrected chi connectivity index (χ4v) is 1.90.